The first kappa shape index (κ1) is 8.64. The Morgan fingerprint density at radius 2 is 2.08 bits per heavy atom. The molecule has 0 aliphatic carbocycles. The van der Waals surface area contributed by atoms with Gasteiger partial charge in [-0.05, 0) is 18.6 Å². The lowest BCUT2D eigenvalue weighted by Gasteiger charge is -1.85. The van der Waals surface area contributed by atoms with Crippen LogP contribution in [0.5, 0.6) is 0 Å². The van der Waals surface area contributed by atoms with Crippen molar-refractivity contribution < 1.29 is 4.52 Å². The molecule has 0 atom stereocenters. The Morgan fingerprint density at radius 3 is 2.83 bits per heavy atom. The maximum atomic E-state index is 4.70. The van der Waals surface area contributed by atoms with Gasteiger partial charge >= 0.3 is 0 Å². The smallest absolute Gasteiger partial charge is 0.278 e. The molecule has 4 nitrogen and oxygen atoms in total. The van der Waals surface area contributed by atoms with Crippen LogP contribution in [0.4, 0.5) is 0 Å². The maximum Gasteiger partial charge on any atom is 0.278 e. The molecule has 2 aromatic rings. The number of hydrogen-bond acceptors (Lipinski definition) is 4. The number of aromatic nitrogens is 3. The molecule has 4 heteroatoms. The molecule has 0 fully saturated rings. The zero-order valence-electron chi connectivity index (χ0n) is 7.40. The predicted molar refractivity (Wildman–Crippen MR) is 45.7 cm³/mol. The molecule has 0 unspecified atom stereocenters. The standard InChI is InChI=1S/C6H5N3O.C2H6/c1-4-2-5-6(7-3-4)10-9-8-5;1-2/h2-3H,1H3;1-2H3. The third-order valence-corrected chi connectivity index (χ3v) is 1.24. The fraction of sp³-hybridized carbons (Fsp3) is 0.375. The first-order chi connectivity index (χ1) is 5.86. The van der Waals surface area contributed by atoms with Crippen molar-refractivity contribution in [2.75, 3.05) is 0 Å². The van der Waals surface area contributed by atoms with E-state index < -0.39 is 0 Å². The molecule has 0 radical (unpaired) electrons. The largest absolute Gasteiger partial charge is 0.316 e. The minimum atomic E-state index is 0.491. The molecule has 2 rings (SSSR count). The Kier molecular flexibility index (Phi) is 2.74. The minimum absolute atomic E-state index is 0.491. The summed E-state index contributed by atoms with van der Waals surface area (Å²) in [6.45, 7) is 5.95. The summed E-state index contributed by atoms with van der Waals surface area (Å²) in [6.07, 6.45) is 1.72. The molecule has 0 aromatic carbocycles. The van der Waals surface area contributed by atoms with Crippen molar-refractivity contribution in [2.24, 2.45) is 0 Å². The van der Waals surface area contributed by atoms with Crippen molar-refractivity contribution in [3.8, 4) is 0 Å². The van der Waals surface area contributed by atoms with Crippen LogP contribution in [0.3, 0.4) is 0 Å². The summed E-state index contributed by atoms with van der Waals surface area (Å²) >= 11 is 0. The topological polar surface area (TPSA) is 51.8 Å². The number of nitrogens with zero attached hydrogens (tertiary/aromatic N) is 3. The molecule has 0 spiro atoms. The van der Waals surface area contributed by atoms with Crippen molar-refractivity contribution >= 4 is 11.2 Å². The normalized spacial score (nSPS) is 9.25. The van der Waals surface area contributed by atoms with Crippen LogP contribution in [0.25, 0.3) is 11.2 Å². The van der Waals surface area contributed by atoms with Gasteiger partial charge < -0.3 is 4.52 Å². The summed E-state index contributed by atoms with van der Waals surface area (Å²) in [5.74, 6) is 0. The van der Waals surface area contributed by atoms with Crippen LogP contribution in [0.2, 0.25) is 0 Å². The molecule has 2 heterocycles. The van der Waals surface area contributed by atoms with E-state index in [1.165, 1.54) is 0 Å². The van der Waals surface area contributed by atoms with Crippen molar-refractivity contribution in [1.29, 1.82) is 0 Å². The highest BCUT2D eigenvalue weighted by Crippen LogP contribution is 2.07. The number of pyridine rings is 1. The molecular weight excluding hydrogens is 154 g/mol. The van der Waals surface area contributed by atoms with E-state index in [9.17, 15) is 0 Å². The molecule has 0 aliphatic heterocycles. The quantitative estimate of drug-likeness (QED) is 0.598. The fourth-order valence-electron chi connectivity index (χ4n) is 0.786. The third-order valence-electron chi connectivity index (χ3n) is 1.24. The summed E-state index contributed by atoms with van der Waals surface area (Å²) in [5, 5.41) is 7.06. The van der Waals surface area contributed by atoms with Gasteiger partial charge in [0.2, 0.25) is 0 Å². The second-order valence-corrected chi connectivity index (χ2v) is 2.11. The van der Waals surface area contributed by atoms with E-state index in [0.717, 1.165) is 5.56 Å². The summed E-state index contributed by atoms with van der Waals surface area (Å²) in [5.41, 5.74) is 2.26. The summed E-state index contributed by atoms with van der Waals surface area (Å²) in [6, 6.07) is 1.87. The van der Waals surface area contributed by atoms with Crippen molar-refractivity contribution in [3.05, 3.63) is 17.8 Å². The van der Waals surface area contributed by atoms with Crippen LogP contribution < -0.4 is 0 Å². The number of aryl methyl sites for hydroxylation is 1. The molecule has 0 N–H and O–H groups in total. The average molecular weight is 165 g/mol. The minimum Gasteiger partial charge on any atom is -0.316 e. The second-order valence-electron chi connectivity index (χ2n) is 2.11. The Hall–Kier alpha value is -1.45. The molecule has 64 valence electrons. The Morgan fingerprint density at radius 1 is 1.33 bits per heavy atom. The van der Waals surface area contributed by atoms with Crippen LogP contribution >= 0.6 is 0 Å². The maximum absolute atomic E-state index is 4.70. The zero-order valence-corrected chi connectivity index (χ0v) is 7.40. The van der Waals surface area contributed by atoms with E-state index in [-0.39, 0.29) is 0 Å². The summed E-state index contributed by atoms with van der Waals surface area (Å²) < 4.78 is 4.70. The van der Waals surface area contributed by atoms with Crippen molar-refractivity contribution in [3.63, 3.8) is 0 Å². The van der Waals surface area contributed by atoms with E-state index in [1.54, 1.807) is 6.20 Å². The van der Waals surface area contributed by atoms with Crippen molar-refractivity contribution in [1.82, 2.24) is 15.4 Å². The van der Waals surface area contributed by atoms with Gasteiger partial charge in [0.25, 0.3) is 5.71 Å². The molecule has 0 saturated carbocycles. The van der Waals surface area contributed by atoms with Gasteiger partial charge in [-0.15, -0.1) is 5.10 Å². The van der Waals surface area contributed by atoms with Crippen LogP contribution in [0, 0.1) is 6.92 Å². The molecule has 0 aliphatic rings. The third kappa shape index (κ3) is 1.58. The molecule has 0 saturated heterocycles. The lowest BCUT2D eigenvalue weighted by Crippen LogP contribution is -1.76. The van der Waals surface area contributed by atoms with E-state index in [4.69, 9.17) is 4.52 Å². The highest BCUT2D eigenvalue weighted by molar-refractivity contribution is 5.66. The van der Waals surface area contributed by atoms with Gasteiger partial charge in [-0.1, -0.05) is 13.8 Å². The van der Waals surface area contributed by atoms with Crippen molar-refractivity contribution in [2.45, 2.75) is 20.8 Å². The molecule has 2 aromatic heterocycles. The van der Waals surface area contributed by atoms with Gasteiger partial charge in [-0.2, -0.15) is 0 Å². The monoisotopic (exact) mass is 165 g/mol. The van der Waals surface area contributed by atoms with Crippen LogP contribution in [0.15, 0.2) is 16.8 Å². The summed E-state index contributed by atoms with van der Waals surface area (Å²) in [4.78, 5) is 3.95. The van der Waals surface area contributed by atoms with Gasteiger partial charge in [0.15, 0.2) is 5.52 Å². The van der Waals surface area contributed by atoms with E-state index >= 15 is 0 Å². The van der Waals surface area contributed by atoms with Crippen LogP contribution in [-0.4, -0.2) is 15.4 Å². The van der Waals surface area contributed by atoms with E-state index in [2.05, 4.69) is 15.4 Å². The van der Waals surface area contributed by atoms with Gasteiger partial charge in [0.1, 0.15) is 0 Å². The molecule has 12 heavy (non-hydrogen) atoms. The number of hydrogen-bond donors (Lipinski definition) is 0. The van der Waals surface area contributed by atoms with Gasteiger partial charge in [-0.3, -0.25) is 0 Å². The van der Waals surface area contributed by atoms with Gasteiger partial charge in [-0.25, -0.2) is 4.98 Å². The van der Waals surface area contributed by atoms with E-state index in [1.807, 2.05) is 26.8 Å². The molecule has 0 amide bonds. The SMILES string of the molecule is CC.Cc1cnc2onnc2c1. The zero-order chi connectivity index (χ0) is 8.97. The lowest BCUT2D eigenvalue weighted by atomic mass is 10.3. The first-order valence-corrected chi connectivity index (χ1v) is 3.91. The van der Waals surface area contributed by atoms with E-state index in [0.29, 0.717) is 11.2 Å². The number of fused-ring (bicyclic) bond motifs is 1. The molecular formula is C8H11N3O. The van der Waals surface area contributed by atoms with Crippen LogP contribution in [0.1, 0.15) is 19.4 Å². The Bertz CT molecular complexity index is 356. The van der Waals surface area contributed by atoms with Gasteiger partial charge in [0.05, 0.1) is 0 Å². The highest BCUT2D eigenvalue weighted by atomic mass is 16.5. The number of rotatable bonds is 0. The highest BCUT2D eigenvalue weighted by Gasteiger charge is 1.98. The first-order valence-electron chi connectivity index (χ1n) is 3.91. The molecule has 0 bridgehead atoms. The predicted octanol–water partition coefficient (Wildman–Crippen LogP) is 1.95. The second kappa shape index (κ2) is 3.80. The average Bonchev–Trinajstić information content (AvgIpc) is 2.54. The summed E-state index contributed by atoms with van der Waals surface area (Å²) in [7, 11) is 0. The Labute approximate surface area is 70.6 Å². The van der Waals surface area contributed by atoms with Crippen LogP contribution in [-0.2, 0) is 0 Å². The Balaban J connectivity index is 0.000000336. The van der Waals surface area contributed by atoms with Gasteiger partial charge in [0, 0.05) is 11.5 Å². The lowest BCUT2D eigenvalue weighted by molar-refractivity contribution is 0.417. The fourth-order valence-corrected chi connectivity index (χ4v) is 0.786.